The first-order valence-electron chi connectivity index (χ1n) is 16.7. The molecule has 0 aromatic carbocycles. The Hall–Kier alpha value is -2.34. The summed E-state index contributed by atoms with van der Waals surface area (Å²) in [7, 11) is 0. The highest BCUT2D eigenvalue weighted by atomic mass is 16.5. The highest BCUT2D eigenvalue weighted by Gasteiger charge is 2.75. The van der Waals surface area contributed by atoms with Gasteiger partial charge in [-0.3, -0.25) is 19.3 Å². The number of fused-ring (bicyclic) bond motifs is 7. The lowest BCUT2D eigenvalue weighted by atomic mass is 9.33. The number of hydrogen-bond acceptors (Lipinski definition) is 7. The average Bonchev–Trinajstić information content (AvgIpc) is 2.96. The van der Waals surface area contributed by atoms with E-state index in [2.05, 4.69) is 50.9 Å². The van der Waals surface area contributed by atoms with Crippen LogP contribution in [0.2, 0.25) is 0 Å². The van der Waals surface area contributed by atoms with Crippen molar-refractivity contribution < 1.29 is 24.2 Å². The fourth-order valence-electron chi connectivity index (χ4n) is 11.2. The zero-order valence-electron chi connectivity index (χ0n) is 27.8. The fraction of sp³-hybridized carbons (Fsp3) is 0.778. The first-order valence-corrected chi connectivity index (χ1v) is 16.7. The topological polar surface area (TPSA) is 120 Å². The summed E-state index contributed by atoms with van der Waals surface area (Å²) in [5.41, 5.74) is -3.86. The molecule has 0 spiro atoms. The maximum Gasteiger partial charge on any atom is 0.234 e. The summed E-state index contributed by atoms with van der Waals surface area (Å²) in [5.74, 6) is -0.764. The Kier molecular flexibility index (Phi) is 7.07. The lowest BCUT2D eigenvalue weighted by Crippen LogP contribution is -2.74. The van der Waals surface area contributed by atoms with Crippen molar-refractivity contribution in [3.05, 3.63) is 23.3 Å². The molecule has 6 aliphatic rings. The van der Waals surface area contributed by atoms with Crippen LogP contribution in [-0.2, 0) is 19.1 Å². The molecule has 0 aromatic rings. The molecular weight excluding hydrogens is 554 g/mol. The van der Waals surface area contributed by atoms with Gasteiger partial charge in [0.1, 0.15) is 11.7 Å². The number of nitrogens with zero attached hydrogens (tertiary/aromatic N) is 2. The number of Topliss-reactive ketones (excluding diaryl/α,β-unsaturated/α-hetero) is 1. The quantitative estimate of drug-likeness (QED) is 0.485. The molecule has 0 aromatic heterocycles. The highest BCUT2D eigenvalue weighted by molar-refractivity contribution is 6.05. The number of hydrogen-bond donors (Lipinski definition) is 2. The van der Waals surface area contributed by atoms with Gasteiger partial charge < -0.3 is 15.2 Å². The predicted molar refractivity (Wildman–Crippen MR) is 166 cm³/mol. The van der Waals surface area contributed by atoms with Crippen LogP contribution >= 0.6 is 0 Å². The summed E-state index contributed by atoms with van der Waals surface area (Å²) >= 11 is 0. The molecule has 6 rings (SSSR count). The van der Waals surface area contributed by atoms with Crippen molar-refractivity contribution in [2.45, 2.75) is 105 Å². The Morgan fingerprint density at radius 3 is 2.34 bits per heavy atom. The van der Waals surface area contributed by atoms with E-state index in [1.54, 1.807) is 6.08 Å². The van der Waals surface area contributed by atoms with Gasteiger partial charge in [0.2, 0.25) is 5.91 Å². The van der Waals surface area contributed by atoms with Crippen molar-refractivity contribution >= 4 is 17.5 Å². The van der Waals surface area contributed by atoms with Crippen LogP contribution in [0.5, 0.6) is 0 Å². The number of aliphatic hydroxyl groups is 1. The highest BCUT2D eigenvalue weighted by Crippen LogP contribution is 2.75. The summed E-state index contributed by atoms with van der Waals surface area (Å²) in [6.07, 6.45) is 8.87. The Bertz CT molecular complexity index is 1400. The van der Waals surface area contributed by atoms with E-state index in [4.69, 9.17) is 4.74 Å². The molecule has 3 saturated carbocycles. The largest absolute Gasteiger partial charge is 0.381 e. The lowest BCUT2D eigenvalue weighted by Gasteiger charge is -2.71. The minimum atomic E-state index is -1.60. The molecule has 5 aliphatic carbocycles. The summed E-state index contributed by atoms with van der Waals surface area (Å²) < 4.78 is 5.44. The molecule has 4 fully saturated rings. The zero-order chi connectivity index (χ0) is 32.1. The first-order chi connectivity index (χ1) is 20.4. The van der Waals surface area contributed by atoms with Crippen LogP contribution < -0.4 is 5.32 Å². The van der Waals surface area contributed by atoms with E-state index in [-0.39, 0.29) is 40.3 Å². The molecule has 44 heavy (non-hydrogen) atoms. The molecule has 0 radical (unpaired) electrons. The SMILES string of the molecule is CC1(C)C(=O)C(C#N)=C[C@]2(C)C3=CC(=O)[C@]4(O)[C@@H]5C[C@@](C)(NC(=O)CN6CCOCC6)CC[C@]5(C)CC[C@@]4(C)[C@]3(C)CC[C@@H]12. The van der Waals surface area contributed by atoms with Crippen LogP contribution in [0.3, 0.4) is 0 Å². The number of allylic oxidation sites excluding steroid dienone is 3. The third kappa shape index (κ3) is 4.07. The molecule has 1 heterocycles. The smallest absolute Gasteiger partial charge is 0.234 e. The second-order valence-electron chi connectivity index (χ2n) is 16.9. The predicted octanol–water partition coefficient (Wildman–Crippen LogP) is 4.52. The Balaban J connectivity index is 1.39. The molecule has 240 valence electrons. The van der Waals surface area contributed by atoms with E-state index < -0.39 is 32.8 Å². The maximum atomic E-state index is 14.7. The summed E-state index contributed by atoms with van der Waals surface area (Å²) in [6.45, 7) is 17.7. The third-order valence-corrected chi connectivity index (χ3v) is 14.2. The molecular formula is C36H51N3O5. The number of nitriles is 1. The number of ketones is 2. The summed E-state index contributed by atoms with van der Waals surface area (Å²) in [6, 6.07) is 2.16. The van der Waals surface area contributed by atoms with Crippen molar-refractivity contribution in [2.75, 3.05) is 32.8 Å². The van der Waals surface area contributed by atoms with E-state index in [0.29, 0.717) is 32.6 Å². The molecule has 1 amide bonds. The van der Waals surface area contributed by atoms with E-state index >= 15 is 0 Å². The van der Waals surface area contributed by atoms with Gasteiger partial charge in [-0.25, -0.2) is 0 Å². The molecule has 0 unspecified atom stereocenters. The van der Waals surface area contributed by atoms with E-state index in [9.17, 15) is 24.8 Å². The summed E-state index contributed by atoms with van der Waals surface area (Å²) in [5, 5.41) is 26.4. The van der Waals surface area contributed by atoms with Crippen LogP contribution in [0.25, 0.3) is 0 Å². The van der Waals surface area contributed by atoms with Gasteiger partial charge in [0.25, 0.3) is 0 Å². The number of amides is 1. The second-order valence-corrected chi connectivity index (χ2v) is 16.9. The minimum Gasteiger partial charge on any atom is -0.381 e. The van der Waals surface area contributed by atoms with Crippen molar-refractivity contribution in [2.24, 2.45) is 38.9 Å². The maximum absolute atomic E-state index is 14.7. The Morgan fingerprint density at radius 1 is 1.02 bits per heavy atom. The van der Waals surface area contributed by atoms with Gasteiger partial charge in [0.05, 0.1) is 25.3 Å². The van der Waals surface area contributed by atoms with Crippen LogP contribution in [0.4, 0.5) is 0 Å². The summed E-state index contributed by atoms with van der Waals surface area (Å²) in [4.78, 5) is 43.3. The molecule has 0 bridgehead atoms. The van der Waals surface area contributed by atoms with Crippen LogP contribution in [-0.4, -0.2) is 71.5 Å². The van der Waals surface area contributed by atoms with Gasteiger partial charge in [0, 0.05) is 40.8 Å². The number of ether oxygens (including phenoxy) is 1. The van der Waals surface area contributed by atoms with Crippen molar-refractivity contribution in [1.82, 2.24) is 10.2 Å². The molecule has 8 heteroatoms. The van der Waals surface area contributed by atoms with E-state index in [1.165, 1.54) is 0 Å². The molecule has 8 atom stereocenters. The molecule has 1 aliphatic heterocycles. The number of rotatable bonds is 3. The third-order valence-electron chi connectivity index (χ3n) is 14.2. The second kappa shape index (κ2) is 9.83. The zero-order valence-corrected chi connectivity index (χ0v) is 27.8. The standard InChI is InChI=1S/C36H51N3O5/c1-30(2)24-8-9-34(6)25(33(24,5)19-23(21-37)29(30)42)18-27(40)36(43)26-20-32(4,12-10-31(26,3)11-13-35(34,36)7)38-28(41)22-39-14-16-44-17-15-39/h18-19,24,26,43H,8-17,20,22H2,1-7H3,(H,38,41)/t24-,26+,31+,32-,33-,34+,35-,36+/m0/s1. The lowest BCUT2D eigenvalue weighted by molar-refractivity contribution is -0.240. The number of nitrogens with one attached hydrogen (secondary N) is 1. The molecule has 8 nitrogen and oxygen atoms in total. The van der Waals surface area contributed by atoms with Gasteiger partial charge in [0.15, 0.2) is 11.6 Å². The van der Waals surface area contributed by atoms with Crippen LogP contribution in [0.15, 0.2) is 23.3 Å². The molecule has 2 N–H and O–H groups in total. The van der Waals surface area contributed by atoms with E-state index in [1.807, 2.05) is 19.9 Å². The van der Waals surface area contributed by atoms with Crippen LogP contribution in [0, 0.1) is 50.2 Å². The number of carbonyl (C=O) groups is 3. The van der Waals surface area contributed by atoms with Crippen molar-refractivity contribution in [3.63, 3.8) is 0 Å². The van der Waals surface area contributed by atoms with Gasteiger partial charge in [-0.2, -0.15) is 5.26 Å². The van der Waals surface area contributed by atoms with Gasteiger partial charge in [-0.05, 0) is 80.3 Å². The van der Waals surface area contributed by atoms with Crippen molar-refractivity contribution in [1.29, 1.82) is 5.26 Å². The fourth-order valence-corrected chi connectivity index (χ4v) is 11.2. The number of carbonyl (C=O) groups excluding carboxylic acids is 3. The van der Waals surface area contributed by atoms with Crippen LogP contribution in [0.1, 0.15) is 93.4 Å². The number of morpholine rings is 1. The Labute approximate surface area is 262 Å². The van der Waals surface area contributed by atoms with Gasteiger partial charge >= 0.3 is 0 Å². The van der Waals surface area contributed by atoms with Gasteiger partial charge in [-0.15, -0.1) is 0 Å². The minimum absolute atomic E-state index is 0.0199. The first kappa shape index (κ1) is 31.6. The monoisotopic (exact) mass is 605 g/mol. The average molecular weight is 606 g/mol. The van der Waals surface area contributed by atoms with E-state index in [0.717, 1.165) is 50.8 Å². The van der Waals surface area contributed by atoms with Crippen molar-refractivity contribution in [3.8, 4) is 6.07 Å². The Morgan fingerprint density at radius 2 is 1.68 bits per heavy atom. The van der Waals surface area contributed by atoms with Gasteiger partial charge in [-0.1, -0.05) is 47.6 Å². The normalized spacial score (nSPS) is 46.7. The molecule has 1 saturated heterocycles.